The zero-order valence-electron chi connectivity index (χ0n) is 9.06. The summed E-state index contributed by atoms with van der Waals surface area (Å²) in [7, 11) is 0. The summed E-state index contributed by atoms with van der Waals surface area (Å²) >= 11 is 7.22. The molecule has 4 nitrogen and oxygen atoms in total. The van der Waals surface area contributed by atoms with Crippen LogP contribution in [-0.2, 0) is 4.79 Å². The van der Waals surface area contributed by atoms with Gasteiger partial charge in [0.15, 0.2) is 0 Å². The van der Waals surface area contributed by atoms with Crippen LogP contribution < -0.4 is 0 Å². The molecule has 1 amide bonds. The van der Waals surface area contributed by atoms with Crippen LogP contribution in [0.3, 0.4) is 0 Å². The van der Waals surface area contributed by atoms with Gasteiger partial charge in [-0.15, -0.1) is 11.3 Å². The normalized spacial score (nSPS) is 17.1. The van der Waals surface area contributed by atoms with Crippen LogP contribution in [0.1, 0.15) is 22.5 Å². The average Bonchev–Trinajstić information content (AvgIpc) is 2.74. The fourth-order valence-corrected chi connectivity index (χ4v) is 3.02. The largest absolute Gasteiger partial charge is 0.481 e. The number of halogens is 1. The topological polar surface area (TPSA) is 57.6 Å². The lowest BCUT2D eigenvalue weighted by Crippen LogP contribution is -2.40. The summed E-state index contributed by atoms with van der Waals surface area (Å²) < 4.78 is 0. The Morgan fingerprint density at radius 3 is 2.53 bits per heavy atom. The van der Waals surface area contributed by atoms with Crippen LogP contribution in [0.15, 0.2) is 11.4 Å². The van der Waals surface area contributed by atoms with Crippen LogP contribution in [-0.4, -0.2) is 35.0 Å². The Kier molecular flexibility index (Phi) is 3.69. The van der Waals surface area contributed by atoms with Crippen LogP contribution in [0.25, 0.3) is 0 Å². The predicted octanol–water partition coefficient (Wildman–Crippen LogP) is 2.34. The summed E-state index contributed by atoms with van der Waals surface area (Å²) in [5.41, 5.74) is 0. The maximum absolute atomic E-state index is 12.1. The SMILES string of the molecule is O=C(O)C1CCN(C(=O)c2sccc2Cl)CC1. The van der Waals surface area contributed by atoms with Gasteiger partial charge in [0.25, 0.3) is 5.91 Å². The Morgan fingerprint density at radius 1 is 1.41 bits per heavy atom. The van der Waals surface area contributed by atoms with Crippen LogP contribution >= 0.6 is 22.9 Å². The molecule has 17 heavy (non-hydrogen) atoms. The molecule has 0 aliphatic carbocycles. The van der Waals surface area contributed by atoms with Gasteiger partial charge in [0.2, 0.25) is 0 Å². The molecule has 0 bridgehead atoms. The molecule has 1 aliphatic heterocycles. The van der Waals surface area contributed by atoms with Crippen molar-refractivity contribution in [2.45, 2.75) is 12.8 Å². The molecule has 0 unspecified atom stereocenters. The Balaban J connectivity index is 2.00. The van der Waals surface area contributed by atoms with E-state index in [2.05, 4.69) is 0 Å². The number of carboxylic acid groups (broad SMARTS) is 1. The molecule has 1 aliphatic rings. The van der Waals surface area contributed by atoms with E-state index < -0.39 is 5.97 Å². The first kappa shape index (κ1) is 12.4. The third-order valence-corrected chi connectivity index (χ3v) is 4.27. The number of carbonyl (C=O) groups excluding carboxylic acids is 1. The lowest BCUT2D eigenvalue weighted by atomic mass is 9.97. The number of carboxylic acids is 1. The van der Waals surface area contributed by atoms with E-state index in [1.807, 2.05) is 0 Å². The van der Waals surface area contributed by atoms with E-state index in [-0.39, 0.29) is 11.8 Å². The molecule has 1 aromatic heterocycles. The zero-order valence-corrected chi connectivity index (χ0v) is 10.6. The van der Waals surface area contributed by atoms with Crippen molar-refractivity contribution in [3.63, 3.8) is 0 Å². The van der Waals surface area contributed by atoms with E-state index in [0.717, 1.165) is 0 Å². The number of aliphatic carboxylic acids is 1. The number of thiophene rings is 1. The first-order valence-corrected chi connectivity index (χ1v) is 6.60. The smallest absolute Gasteiger partial charge is 0.306 e. The van der Waals surface area contributed by atoms with E-state index >= 15 is 0 Å². The molecule has 2 heterocycles. The highest BCUT2D eigenvalue weighted by Crippen LogP contribution is 2.26. The van der Waals surface area contributed by atoms with Gasteiger partial charge in [0.05, 0.1) is 10.9 Å². The highest BCUT2D eigenvalue weighted by atomic mass is 35.5. The van der Waals surface area contributed by atoms with Gasteiger partial charge in [-0.05, 0) is 24.3 Å². The van der Waals surface area contributed by atoms with E-state index in [1.54, 1.807) is 16.3 Å². The van der Waals surface area contributed by atoms with Gasteiger partial charge in [0.1, 0.15) is 4.88 Å². The fraction of sp³-hybridized carbons (Fsp3) is 0.455. The number of amides is 1. The van der Waals surface area contributed by atoms with Gasteiger partial charge in [-0.25, -0.2) is 0 Å². The van der Waals surface area contributed by atoms with Crippen molar-refractivity contribution >= 4 is 34.8 Å². The number of piperidine rings is 1. The van der Waals surface area contributed by atoms with Gasteiger partial charge >= 0.3 is 5.97 Å². The highest BCUT2D eigenvalue weighted by molar-refractivity contribution is 7.12. The van der Waals surface area contributed by atoms with Crippen LogP contribution in [0.4, 0.5) is 0 Å². The second kappa shape index (κ2) is 5.06. The van der Waals surface area contributed by atoms with Crippen LogP contribution in [0.5, 0.6) is 0 Å². The Morgan fingerprint density at radius 2 is 2.06 bits per heavy atom. The summed E-state index contributed by atoms with van der Waals surface area (Å²) in [6, 6.07) is 1.70. The number of hydrogen-bond donors (Lipinski definition) is 1. The predicted molar refractivity (Wildman–Crippen MR) is 65.6 cm³/mol. The van der Waals surface area contributed by atoms with Crippen molar-refractivity contribution in [2.24, 2.45) is 5.92 Å². The summed E-state index contributed by atoms with van der Waals surface area (Å²) in [5, 5.41) is 11.1. The minimum atomic E-state index is -0.772. The molecule has 0 spiro atoms. The van der Waals surface area contributed by atoms with E-state index in [0.29, 0.717) is 35.8 Å². The first-order valence-electron chi connectivity index (χ1n) is 5.34. The number of nitrogens with zero attached hydrogens (tertiary/aromatic N) is 1. The second-order valence-corrected chi connectivity index (χ2v) is 5.33. The van der Waals surface area contributed by atoms with Crippen molar-refractivity contribution in [3.05, 3.63) is 21.3 Å². The molecule has 92 valence electrons. The Labute approximate surface area is 108 Å². The van der Waals surface area contributed by atoms with E-state index in [1.165, 1.54) is 11.3 Å². The molecular formula is C11H12ClNO3S. The van der Waals surface area contributed by atoms with Crippen molar-refractivity contribution in [1.29, 1.82) is 0 Å². The van der Waals surface area contributed by atoms with Crippen LogP contribution in [0, 0.1) is 5.92 Å². The maximum atomic E-state index is 12.1. The van der Waals surface area contributed by atoms with Gasteiger partial charge in [-0.1, -0.05) is 11.6 Å². The lowest BCUT2D eigenvalue weighted by molar-refractivity contribution is -0.143. The zero-order chi connectivity index (χ0) is 12.4. The van der Waals surface area contributed by atoms with Gasteiger partial charge in [0, 0.05) is 13.1 Å². The minimum absolute atomic E-state index is 0.0890. The van der Waals surface area contributed by atoms with Crippen molar-refractivity contribution in [1.82, 2.24) is 4.90 Å². The van der Waals surface area contributed by atoms with Crippen molar-refractivity contribution in [2.75, 3.05) is 13.1 Å². The number of hydrogen-bond acceptors (Lipinski definition) is 3. The molecule has 1 saturated heterocycles. The molecule has 1 aromatic rings. The maximum Gasteiger partial charge on any atom is 0.306 e. The fourth-order valence-electron chi connectivity index (χ4n) is 1.92. The number of rotatable bonds is 2. The third-order valence-electron chi connectivity index (χ3n) is 2.94. The molecule has 0 atom stereocenters. The molecular weight excluding hydrogens is 262 g/mol. The van der Waals surface area contributed by atoms with E-state index in [4.69, 9.17) is 16.7 Å². The van der Waals surface area contributed by atoms with Gasteiger partial charge in [-0.2, -0.15) is 0 Å². The number of likely N-dealkylation sites (tertiary alicyclic amines) is 1. The Hall–Kier alpha value is -1.07. The summed E-state index contributed by atoms with van der Waals surface area (Å²) in [4.78, 5) is 25.1. The van der Waals surface area contributed by atoms with Crippen LogP contribution in [0.2, 0.25) is 5.02 Å². The molecule has 1 N–H and O–H groups in total. The molecule has 6 heteroatoms. The summed E-state index contributed by atoms with van der Waals surface area (Å²) in [5.74, 6) is -1.18. The van der Waals surface area contributed by atoms with Crippen molar-refractivity contribution < 1.29 is 14.7 Å². The third kappa shape index (κ3) is 2.61. The Bertz CT molecular complexity index is 438. The average molecular weight is 274 g/mol. The minimum Gasteiger partial charge on any atom is -0.481 e. The summed E-state index contributed by atoms with van der Waals surface area (Å²) in [6.07, 6.45) is 1.04. The summed E-state index contributed by atoms with van der Waals surface area (Å²) in [6.45, 7) is 0.980. The molecule has 0 aromatic carbocycles. The highest BCUT2D eigenvalue weighted by Gasteiger charge is 2.28. The van der Waals surface area contributed by atoms with Gasteiger partial charge < -0.3 is 10.0 Å². The number of carbonyl (C=O) groups is 2. The van der Waals surface area contributed by atoms with Crippen molar-refractivity contribution in [3.8, 4) is 0 Å². The van der Waals surface area contributed by atoms with E-state index in [9.17, 15) is 9.59 Å². The molecule has 2 rings (SSSR count). The quantitative estimate of drug-likeness (QED) is 0.900. The monoisotopic (exact) mass is 273 g/mol. The molecule has 0 radical (unpaired) electrons. The van der Waals surface area contributed by atoms with Gasteiger partial charge in [-0.3, -0.25) is 9.59 Å². The lowest BCUT2D eigenvalue weighted by Gasteiger charge is -2.29. The first-order chi connectivity index (χ1) is 8.09. The molecule has 0 saturated carbocycles. The molecule has 1 fully saturated rings. The standard InChI is InChI=1S/C11H12ClNO3S/c12-8-3-6-17-9(8)10(14)13-4-1-7(2-5-13)11(15)16/h3,6-7H,1-2,4-5H2,(H,15,16). The second-order valence-electron chi connectivity index (χ2n) is 4.00.